The van der Waals surface area contributed by atoms with Crippen LogP contribution in [-0.2, 0) is 0 Å². The first-order valence-electron chi connectivity index (χ1n) is 10.6. The lowest BCUT2D eigenvalue weighted by molar-refractivity contribution is 0.0734. The van der Waals surface area contributed by atoms with Gasteiger partial charge in [-0.05, 0) is 67.3 Å². The van der Waals surface area contributed by atoms with Crippen LogP contribution in [0.15, 0.2) is 36.4 Å². The number of ether oxygens (including phenoxy) is 1. The van der Waals surface area contributed by atoms with Crippen molar-refractivity contribution in [3.8, 4) is 5.75 Å². The molecule has 0 radical (unpaired) electrons. The first-order chi connectivity index (χ1) is 14.0. The third kappa shape index (κ3) is 5.72. The molecule has 29 heavy (non-hydrogen) atoms. The van der Waals surface area contributed by atoms with Crippen molar-refractivity contribution in [2.75, 3.05) is 11.5 Å². The van der Waals surface area contributed by atoms with Crippen molar-refractivity contribution in [3.05, 3.63) is 53.3 Å². The van der Waals surface area contributed by atoms with Crippen LogP contribution in [0.5, 0.6) is 5.75 Å². The van der Waals surface area contributed by atoms with Gasteiger partial charge in [0.15, 0.2) is 0 Å². The summed E-state index contributed by atoms with van der Waals surface area (Å²) in [6.07, 6.45) is 9.54. The van der Waals surface area contributed by atoms with Crippen LogP contribution >= 0.6 is 0 Å². The molecule has 2 aromatic carbocycles. The number of benzene rings is 2. The van der Waals surface area contributed by atoms with Crippen LogP contribution in [0.25, 0.3) is 0 Å². The van der Waals surface area contributed by atoms with E-state index >= 15 is 0 Å². The van der Waals surface area contributed by atoms with Crippen LogP contribution in [0.3, 0.4) is 0 Å². The van der Waals surface area contributed by atoms with E-state index in [9.17, 15) is 9.18 Å². The smallest absolute Gasteiger partial charge is 0.343 e. The number of carbonyl (C=O) groups excluding carboxylic acids is 1. The number of carbonyl (C=O) groups is 1. The molecular formula is C24H31FN2O2. The summed E-state index contributed by atoms with van der Waals surface area (Å²) in [6, 6.07) is 9.26. The summed E-state index contributed by atoms with van der Waals surface area (Å²) in [6.45, 7) is 2.23. The molecule has 4 nitrogen and oxygen atoms in total. The summed E-state index contributed by atoms with van der Waals surface area (Å²) < 4.78 is 20.0. The minimum absolute atomic E-state index is 0.186. The average molecular weight is 399 g/mol. The normalized spacial score (nSPS) is 19.1. The molecule has 4 N–H and O–H groups in total. The summed E-state index contributed by atoms with van der Waals surface area (Å²) >= 11 is 0. The molecule has 156 valence electrons. The Balaban J connectivity index is 1.60. The molecule has 1 aliphatic carbocycles. The van der Waals surface area contributed by atoms with E-state index in [1.54, 1.807) is 18.2 Å². The standard InChI is InChI=1S/C24H31FN2O2/c1-2-3-4-5-16-6-8-17(9-7-16)22-11-10-21(15-23(22)25)29-24(28)18-12-19(26)14-20(27)13-18/h10-17H,2-9,26-27H2,1H3. The Morgan fingerprint density at radius 2 is 1.72 bits per heavy atom. The van der Waals surface area contributed by atoms with Crippen molar-refractivity contribution in [1.29, 1.82) is 0 Å². The maximum absolute atomic E-state index is 14.7. The number of nitrogens with two attached hydrogens (primary N) is 2. The predicted octanol–water partition coefficient (Wildman–Crippen LogP) is 6.06. The molecule has 2 aromatic rings. The maximum atomic E-state index is 14.7. The average Bonchev–Trinajstić information content (AvgIpc) is 2.68. The first-order valence-corrected chi connectivity index (χ1v) is 10.6. The van der Waals surface area contributed by atoms with Gasteiger partial charge in [-0.2, -0.15) is 0 Å². The number of halogens is 1. The van der Waals surface area contributed by atoms with Gasteiger partial charge < -0.3 is 16.2 Å². The minimum atomic E-state index is -0.608. The lowest BCUT2D eigenvalue weighted by Gasteiger charge is -2.29. The molecule has 0 amide bonds. The van der Waals surface area contributed by atoms with Crippen LogP contribution in [0, 0.1) is 11.7 Å². The van der Waals surface area contributed by atoms with E-state index in [0.29, 0.717) is 11.4 Å². The highest BCUT2D eigenvalue weighted by atomic mass is 19.1. The van der Waals surface area contributed by atoms with Gasteiger partial charge >= 0.3 is 5.97 Å². The van der Waals surface area contributed by atoms with Crippen molar-refractivity contribution in [1.82, 2.24) is 0 Å². The Morgan fingerprint density at radius 3 is 2.34 bits per heavy atom. The van der Waals surface area contributed by atoms with E-state index in [4.69, 9.17) is 16.2 Å². The van der Waals surface area contributed by atoms with Crippen molar-refractivity contribution in [3.63, 3.8) is 0 Å². The van der Waals surface area contributed by atoms with E-state index in [2.05, 4.69) is 6.92 Å². The number of anilines is 2. The van der Waals surface area contributed by atoms with Crippen molar-refractivity contribution in [2.24, 2.45) is 5.92 Å². The highest BCUT2D eigenvalue weighted by Crippen LogP contribution is 2.39. The van der Waals surface area contributed by atoms with E-state index in [-0.39, 0.29) is 23.0 Å². The Labute approximate surface area is 172 Å². The predicted molar refractivity (Wildman–Crippen MR) is 115 cm³/mol. The molecule has 0 aromatic heterocycles. The van der Waals surface area contributed by atoms with Crippen molar-refractivity contribution in [2.45, 2.75) is 64.2 Å². The fraction of sp³-hybridized carbons (Fsp3) is 0.458. The molecule has 0 aliphatic heterocycles. The summed E-state index contributed by atoms with van der Waals surface area (Å²) in [7, 11) is 0. The third-order valence-electron chi connectivity index (χ3n) is 5.90. The Hall–Kier alpha value is -2.56. The topological polar surface area (TPSA) is 78.3 Å². The van der Waals surface area contributed by atoms with Gasteiger partial charge in [0, 0.05) is 17.4 Å². The van der Waals surface area contributed by atoms with Crippen LogP contribution in [0.1, 0.15) is 80.1 Å². The van der Waals surface area contributed by atoms with E-state index in [0.717, 1.165) is 24.3 Å². The van der Waals surface area contributed by atoms with Gasteiger partial charge in [0.1, 0.15) is 11.6 Å². The second kappa shape index (κ2) is 9.77. The van der Waals surface area contributed by atoms with E-state index in [1.807, 2.05) is 0 Å². The molecule has 0 atom stereocenters. The van der Waals surface area contributed by atoms with Gasteiger partial charge in [0.2, 0.25) is 0 Å². The quantitative estimate of drug-likeness (QED) is 0.257. The second-order valence-corrected chi connectivity index (χ2v) is 8.17. The number of unbranched alkanes of at least 4 members (excludes halogenated alkanes) is 2. The van der Waals surface area contributed by atoms with Crippen LogP contribution in [-0.4, -0.2) is 5.97 Å². The molecule has 1 saturated carbocycles. The molecule has 1 aliphatic rings. The highest BCUT2D eigenvalue weighted by molar-refractivity contribution is 5.93. The molecule has 0 saturated heterocycles. The Morgan fingerprint density at radius 1 is 1.03 bits per heavy atom. The van der Waals surface area contributed by atoms with E-state index < -0.39 is 5.97 Å². The van der Waals surface area contributed by atoms with Crippen LogP contribution < -0.4 is 16.2 Å². The van der Waals surface area contributed by atoms with Gasteiger partial charge in [-0.1, -0.05) is 38.7 Å². The highest BCUT2D eigenvalue weighted by Gasteiger charge is 2.24. The molecule has 1 fully saturated rings. The van der Waals surface area contributed by atoms with E-state index in [1.165, 1.54) is 56.7 Å². The molecule has 3 rings (SSSR count). The van der Waals surface area contributed by atoms with Gasteiger partial charge in [0.05, 0.1) is 5.56 Å². The Kier molecular flexibility index (Phi) is 7.13. The first kappa shape index (κ1) is 21.2. The summed E-state index contributed by atoms with van der Waals surface area (Å²) in [5.74, 6) is 0.300. The van der Waals surface area contributed by atoms with Gasteiger partial charge in [0.25, 0.3) is 0 Å². The minimum Gasteiger partial charge on any atom is -0.423 e. The lowest BCUT2D eigenvalue weighted by Crippen LogP contribution is -2.15. The molecule has 0 heterocycles. The van der Waals surface area contributed by atoms with Gasteiger partial charge in [-0.15, -0.1) is 0 Å². The zero-order chi connectivity index (χ0) is 20.8. The van der Waals surface area contributed by atoms with Gasteiger partial charge in [-0.25, -0.2) is 9.18 Å². The molecule has 0 unspecified atom stereocenters. The Bertz CT molecular complexity index is 825. The molecular weight excluding hydrogens is 367 g/mol. The number of hydrogen-bond donors (Lipinski definition) is 2. The fourth-order valence-corrected chi connectivity index (χ4v) is 4.31. The molecule has 5 heteroatoms. The van der Waals surface area contributed by atoms with Gasteiger partial charge in [-0.3, -0.25) is 0 Å². The summed E-state index contributed by atoms with van der Waals surface area (Å²) in [4.78, 5) is 12.3. The SMILES string of the molecule is CCCCCC1CCC(c2ccc(OC(=O)c3cc(N)cc(N)c3)cc2F)CC1. The maximum Gasteiger partial charge on any atom is 0.343 e. The fourth-order valence-electron chi connectivity index (χ4n) is 4.31. The van der Waals surface area contributed by atoms with Crippen LogP contribution in [0.2, 0.25) is 0 Å². The monoisotopic (exact) mass is 398 g/mol. The van der Waals surface area contributed by atoms with Crippen molar-refractivity contribution >= 4 is 17.3 Å². The summed E-state index contributed by atoms with van der Waals surface area (Å²) in [5.41, 5.74) is 13.2. The zero-order valence-corrected chi connectivity index (χ0v) is 17.1. The summed E-state index contributed by atoms with van der Waals surface area (Å²) in [5, 5.41) is 0. The number of esters is 1. The zero-order valence-electron chi connectivity index (χ0n) is 17.1. The second-order valence-electron chi connectivity index (χ2n) is 8.17. The number of rotatable bonds is 7. The number of nitrogen functional groups attached to an aromatic ring is 2. The number of hydrogen-bond acceptors (Lipinski definition) is 4. The molecule has 0 spiro atoms. The largest absolute Gasteiger partial charge is 0.423 e. The van der Waals surface area contributed by atoms with Crippen LogP contribution in [0.4, 0.5) is 15.8 Å². The van der Waals surface area contributed by atoms with Crippen molar-refractivity contribution < 1.29 is 13.9 Å². The lowest BCUT2D eigenvalue weighted by atomic mass is 9.77. The molecule has 0 bridgehead atoms. The third-order valence-corrected chi connectivity index (χ3v) is 5.90.